The first-order chi connectivity index (χ1) is 13.1. The lowest BCUT2D eigenvalue weighted by molar-refractivity contribution is -0.115. The van der Waals surface area contributed by atoms with Gasteiger partial charge >= 0.3 is 0 Å². The smallest absolute Gasteiger partial charge is 0.243 e. The second-order valence-electron chi connectivity index (χ2n) is 5.79. The summed E-state index contributed by atoms with van der Waals surface area (Å²) in [5.41, 5.74) is 3.34. The summed E-state index contributed by atoms with van der Waals surface area (Å²) in [5, 5.41) is 13.1. The minimum atomic E-state index is -0.194. The fourth-order valence-corrected chi connectivity index (χ4v) is 2.59. The normalized spacial score (nSPS) is 10.6. The molecule has 0 saturated heterocycles. The van der Waals surface area contributed by atoms with Gasteiger partial charge in [-0.1, -0.05) is 31.0 Å². The van der Waals surface area contributed by atoms with Gasteiger partial charge in [-0.05, 0) is 24.6 Å². The Labute approximate surface area is 182 Å². The summed E-state index contributed by atoms with van der Waals surface area (Å²) in [4.78, 5) is 16.3. The standard InChI is InChI=1S/C20H25N5O2.HI/c1-5-14-9-8-10-15(11-14)24-19(26)13-23-20(21-4)22-12-16-17(6-2)25-27-18(16)7-3;/h1,8-11H,6-7,12-13H2,2-4H3,(H,24,26)(H2,21,22,23);1H. The molecule has 0 atom stereocenters. The van der Waals surface area contributed by atoms with E-state index in [1.165, 1.54) is 0 Å². The van der Waals surface area contributed by atoms with E-state index in [1.54, 1.807) is 31.3 Å². The Kier molecular flexibility index (Phi) is 10.1. The van der Waals surface area contributed by atoms with Gasteiger partial charge in [-0.15, -0.1) is 30.4 Å². The summed E-state index contributed by atoms with van der Waals surface area (Å²) in [6.45, 7) is 4.66. The van der Waals surface area contributed by atoms with Gasteiger partial charge in [0.15, 0.2) is 5.96 Å². The molecule has 8 heteroatoms. The molecule has 0 aliphatic rings. The van der Waals surface area contributed by atoms with Crippen LogP contribution in [-0.4, -0.2) is 30.6 Å². The third kappa shape index (κ3) is 6.56. The van der Waals surface area contributed by atoms with E-state index in [-0.39, 0.29) is 36.4 Å². The molecule has 0 unspecified atom stereocenters. The first-order valence-corrected chi connectivity index (χ1v) is 8.88. The van der Waals surface area contributed by atoms with Crippen LogP contribution in [0, 0.1) is 12.3 Å². The van der Waals surface area contributed by atoms with Crippen LogP contribution < -0.4 is 16.0 Å². The van der Waals surface area contributed by atoms with Crippen molar-refractivity contribution in [2.24, 2.45) is 4.99 Å². The molecule has 2 aromatic rings. The number of guanidine groups is 1. The number of amides is 1. The highest BCUT2D eigenvalue weighted by Gasteiger charge is 2.14. The average Bonchev–Trinajstić information content (AvgIpc) is 3.10. The van der Waals surface area contributed by atoms with Gasteiger partial charge in [0, 0.05) is 36.8 Å². The molecule has 28 heavy (non-hydrogen) atoms. The first kappa shape index (κ1) is 23.5. The quantitative estimate of drug-likeness (QED) is 0.238. The fourth-order valence-electron chi connectivity index (χ4n) is 2.59. The second-order valence-corrected chi connectivity index (χ2v) is 5.79. The van der Waals surface area contributed by atoms with Crippen molar-refractivity contribution in [2.75, 3.05) is 18.9 Å². The van der Waals surface area contributed by atoms with Gasteiger partial charge in [0.05, 0.1) is 12.2 Å². The zero-order valence-electron chi connectivity index (χ0n) is 16.3. The number of aryl methyl sites for hydroxylation is 2. The SMILES string of the molecule is C#Cc1cccc(NC(=O)CNC(=NC)NCc2c(CC)noc2CC)c1.I. The predicted molar refractivity (Wildman–Crippen MR) is 122 cm³/mol. The van der Waals surface area contributed by atoms with Crippen molar-refractivity contribution >= 4 is 41.5 Å². The van der Waals surface area contributed by atoms with E-state index in [9.17, 15) is 4.79 Å². The molecule has 2 rings (SSSR count). The van der Waals surface area contributed by atoms with Crippen molar-refractivity contribution in [1.29, 1.82) is 0 Å². The molecule has 0 fully saturated rings. The zero-order chi connectivity index (χ0) is 19.6. The molecule has 1 amide bonds. The Balaban J connectivity index is 0.00000392. The molecule has 0 bridgehead atoms. The van der Waals surface area contributed by atoms with Crippen LogP contribution in [0.4, 0.5) is 5.69 Å². The maximum atomic E-state index is 12.1. The average molecular weight is 495 g/mol. The van der Waals surface area contributed by atoms with Gasteiger partial charge in [-0.25, -0.2) is 0 Å². The third-order valence-electron chi connectivity index (χ3n) is 3.99. The Morgan fingerprint density at radius 1 is 1.29 bits per heavy atom. The van der Waals surface area contributed by atoms with Crippen LogP contribution in [0.5, 0.6) is 0 Å². The van der Waals surface area contributed by atoms with Crippen molar-refractivity contribution in [2.45, 2.75) is 33.2 Å². The Bertz CT molecular complexity index is 833. The summed E-state index contributed by atoms with van der Waals surface area (Å²) in [7, 11) is 1.65. The van der Waals surface area contributed by atoms with Gasteiger partial charge in [-0.3, -0.25) is 9.79 Å². The van der Waals surface area contributed by atoms with Crippen LogP contribution >= 0.6 is 24.0 Å². The number of benzene rings is 1. The van der Waals surface area contributed by atoms with Crippen LogP contribution in [0.1, 0.15) is 36.4 Å². The highest BCUT2D eigenvalue weighted by Crippen LogP contribution is 2.15. The summed E-state index contributed by atoms with van der Waals surface area (Å²) < 4.78 is 5.36. The number of halogens is 1. The van der Waals surface area contributed by atoms with Gasteiger partial charge in [0.25, 0.3) is 0 Å². The highest BCUT2D eigenvalue weighted by molar-refractivity contribution is 14.0. The number of aromatic nitrogens is 1. The topological polar surface area (TPSA) is 91.5 Å². The Morgan fingerprint density at radius 3 is 2.71 bits per heavy atom. The molecule has 3 N–H and O–H groups in total. The minimum Gasteiger partial charge on any atom is -0.361 e. The minimum absolute atomic E-state index is 0. The molecular weight excluding hydrogens is 469 g/mol. The summed E-state index contributed by atoms with van der Waals surface area (Å²) in [6, 6.07) is 7.14. The number of nitrogens with one attached hydrogen (secondary N) is 3. The maximum absolute atomic E-state index is 12.1. The molecule has 150 valence electrons. The summed E-state index contributed by atoms with van der Waals surface area (Å²) >= 11 is 0. The molecule has 7 nitrogen and oxygen atoms in total. The van der Waals surface area contributed by atoms with Crippen LogP contribution in [0.2, 0.25) is 0 Å². The van der Waals surface area contributed by atoms with Gasteiger partial charge < -0.3 is 20.5 Å². The van der Waals surface area contributed by atoms with Crippen LogP contribution in [0.15, 0.2) is 33.8 Å². The molecule has 1 aromatic carbocycles. The van der Waals surface area contributed by atoms with Crippen molar-refractivity contribution in [3.05, 3.63) is 46.8 Å². The van der Waals surface area contributed by atoms with Gasteiger partial charge in [0.2, 0.25) is 5.91 Å². The number of terminal acetylenes is 1. The predicted octanol–water partition coefficient (Wildman–Crippen LogP) is 2.70. The van der Waals surface area contributed by atoms with Crippen molar-refractivity contribution in [3.63, 3.8) is 0 Å². The van der Waals surface area contributed by atoms with Crippen LogP contribution in [-0.2, 0) is 24.2 Å². The fraction of sp³-hybridized carbons (Fsp3) is 0.350. The van der Waals surface area contributed by atoms with Gasteiger partial charge in [-0.2, -0.15) is 0 Å². The Hall–Kier alpha value is -2.54. The second kappa shape index (κ2) is 12.0. The summed E-state index contributed by atoms with van der Waals surface area (Å²) in [5.74, 6) is 3.73. The Morgan fingerprint density at radius 2 is 2.07 bits per heavy atom. The number of carbonyl (C=O) groups is 1. The number of nitrogens with zero attached hydrogens (tertiary/aromatic N) is 2. The largest absolute Gasteiger partial charge is 0.361 e. The van der Waals surface area contributed by atoms with Crippen molar-refractivity contribution < 1.29 is 9.32 Å². The van der Waals surface area contributed by atoms with Crippen LogP contribution in [0.25, 0.3) is 0 Å². The van der Waals surface area contributed by atoms with Gasteiger partial charge in [0.1, 0.15) is 5.76 Å². The number of hydrogen-bond donors (Lipinski definition) is 3. The van der Waals surface area contributed by atoms with E-state index in [0.717, 1.165) is 29.9 Å². The molecule has 0 saturated carbocycles. The number of anilines is 1. The lowest BCUT2D eigenvalue weighted by Gasteiger charge is -2.12. The van der Waals surface area contributed by atoms with E-state index < -0.39 is 0 Å². The number of hydrogen-bond acceptors (Lipinski definition) is 4. The highest BCUT2D eigenvalue weighted by atomic mass is 127. The van der Waals surface area contributed by atoms with E-state index in [1.807, 2.05) is 13.8 Å². The third-order valence-corrected chi connectivity index (χ3v) is 3.99. The van der Waals surface area contributed by atoms with Crippen molar-refractivity contribution in [1.82, 2.24) is 15.8 Å². The van der Waals surface area contributed by atoms with E-state index in [0.29, 0.717) is 23.8 Å². The molecule has 0 radical (unpaired) electrons. The van der Waals surface area contributed by atoms with E-state index in [2.05, 4.69) is 32.0 Å². The number of aliphatic imine (C=N–C) groups is 1. The lowest BCUT2D eigenvalue weighted by Crippen LogP contribution is -2.41. The molecule has 0 spiro atoms. The number of rotatable bonds is 7. The molecule has 0 aliphatic heterocycles. The molecule has 0 aliphatic carbocycles. The maximum Gasteiger partial charge on any atom is 0.243 e. The first-order valence-electron chi connectivity index (χ1n) is 8.88. The molecule has 1 heterocycles. The van der Waals surface area contributed by atoms with E-state index in [4.69, 9.17) is 10.9 Å². The molecule has 1 aromatic heterocycles. The van der Waals surface area contributed by atoms with Crippen LogP contribution in [0.3, 0.4) is 0 Å². The lowest BCUT2D eigenvalue weighted by atomic mass is 10.1. The monoisotopic (exact) mass is 495 g/mol. The summed E-state index contributed by atoms with van der Waals surface area (Å²) in [6.07, 6.45) is 6.94. The van der Waals surface area contributed by atoms with Crippen molar-refractivity contribution in [3.8, 4) is 12.3 Å². The van der Waals surface area contributed by atoms with E-state index >= 15 is 0 Å². The zero-order valence-corrected chi connectivity index (χ0v) is 18.7. The molecular formula is C20H26IN5O2. The number of carbonyl (C=O) groups excluding carboxylic acids is 1.